The van der Waals surface area contributed by atoms with Crippen molar-refractivity contribution in [3.63, 3.8) is 0 Å². The lowest BCUT2D eigenvalue weighted by Gasteiger charge is -2.08. The molecule has 0 aliphatic rings. The predicted molar refractivity (Wildman–Crippen MR) is 48.8 cm³/mol. The van der Waals surface area contributed by atoms with E-state index in [1.165, 1.54) is 6.33 Å². The second-order valence-electron chi connectivity index (χ2n) is 2.82. The summed E-state index contributed by atoms with van der Waals surface area (Å²) < 4.78 is 5.30. The minimum atomic E-state index is -0.0870. The SMILES string of the molecule is CC(C)Oc1cc(C(=N)N)ncn1. The maximum Gasteiger partial charge on any atom is 0.217 e. The summed E-state index contributed by atoms with van der Waals surface area (Å²) in [6.45, 7) is 3.80. The second kappa shape index (κ2) is 3.84. The van der Waals surface area contributed by atoms with E-state index in [2.05, 4.69) is 9.97 Å². The van der Waals surface area contributed by atoms with Gasteiger partial charge in [-0.1, -0.05) is 0 Å². The molecule has 1 heterocycles. The van der Waals surface area contributed by atoms with E-state index in [4.69, 9.17) is 15.9 Å². The largest absolute Gasteiger partial charge is 0.475 e. The van der Waals surface area contributed by atoms with Crippen LogP contribution in [-0.4, -0.2) is 21.9 Å². The summed E-state index contributed by atoms with van der Waals surface area (Å²) in [7, 11) is 0. The van der Waals surface area contributed by atoms with Crippen molar-refractivity contribution in [2.45, 2.75) is 20.0 Å². The van der Waals surface area contributed by atoms with Crippen LogP contribution in [0, 0.1) is 5.41 Å². The van der Waals surface area contributed by atoms with Crippen molar-refractivity contribution in [3.8, 4) is 5.88 Å². The Labute approximate surface area is 76.5 Å². The predicted octanol–water partition coefficient (Wildman–Crippen LogP) is 0.548. The van der Waals surface area contributed by atoms with Crippen LogP contribution in [-0.2, 0) is 0 Å². The Morgan fingerprint density at radius 1 is 1.54 bits per heavy atom. The fourth-order valence-electron chi connectivity index (χ4n) is 0.793. The molecule has 5 heteroatoms. The Bertz CT molecular complexity index is 311. The molecule has 1 aromatic heterocycles. The van der Waals surface area contributed by atoms with E-state index in [1.54, 1.807) is 6.07 Å². The van der Waals surface area contributed by atoms with Crippen LogP contribution < -0.4 is 10.5 Å². The number of amidine groups is 1. The van der Waals surface area contributed by atoms with Crippen molar-refractivity contribution in [2.24, 2.45) is 5.73 Å². The summed E-state index contributed by atoms with van der Waals surface area (Å²) in [5, 5.41) is 7.15. The van der Waals surface area contributed by atoms with E-state index in [-0.39, 0.29) is 11.9 Å². The fourth-order valence-corrected chi connectivity index (χ4v) is 0.793. The van der Waals surface area contributed by atoms with Gasteiger partial charge in [0, 0.05) is 6.07 Å². The smallest absolute Gasteiger partial charge is 0.217 e. The van der Waals surface area contributed by atoms with Crippen LogP contribution >= 0.6 is 0 Å². The molecule has 0 atom stereocenters. The van der Waals surface area contributed by atoms with Gasteiger partial charge in [0.1, 0.15) is 17.9 Å². The number of hydrogen-bond acceptors (Lipinski definition) is 4. The molecular weight excluding hydrogens is 168 g/mol. The number of nitrogens with one attached hydrogen (secondary N) is 1. The maximum absolute atomic E-state index is 7.15. The molecule has 1 rings (SSSR count). The number of ether oxygens (including phenoxy) is 1. The first-order chi connectivity index (χ1) is 6.09. The van der Waals surface area contributed by atoms with Crippen LogP contribution in [0.3, 0.4) is 0 Å². The molecule has 0 saturated heterocycles. The van der Waals surface area contributed by atoms with Gasteiger partial charge in [-0.2, -0.15) is 0 Å². The summed E-state index contributed by atoms with van der Waals surface area (Å²) in [5.41, 5.74) is 5.63. The monoisotopic (exact) mass is 180 g/mol. The Morgan fingerprint density at radius 2 is 2.23 bits per heavy atom. The minimum Gasteiger partial charge on any atom is -0.475 e. The second-order valence-corrected chi connectivity index (χ2v) is 2.82. The first kappa shape index (κ1) is 9.44. The fraction of sp³-hybridized carbons (Fsp3) is 0.375. The van der Waals surface area contributed by atoms with Crippen LogP contribution in [0.4, 0.5) is 0 Å². The molecule has 0 aliphatic heterocycles. The van der Waals surface area contributed by atoms with Crippen molar-refractivity contribution < 1.29 is 4.74 Å². The maximum atomic E-state index is 7.15. The number of nitrogens with zero attached hydrogens (tertiary/aromatic N) is 2. The highest BCUT2D eigenvalue weighted by Crippen LogP contribution is 2.07. The van der Waals surface area contributed by atoms with Gasteiger partial charge in [-0.3, -0.25) is 5.41 Å². The zero-order chi connectivity index (χ0) is 9.84. The van der Waals surface area contributed by atoms with Crippen LogP contribution in [0.25, 0.3) is 0 Å². The first-order valence-electron chi connectivity index (χ1n) is 3.92. The normalized spacial score (nSPS) is 10.1. The average Bonchev–Trinajstić information content (AvgIpc) is 2.03. The van der Waals surface area contributed by atoms with E-state index in [0.717, 1.165) is 0 Å². The quantitative estimate of drug-likeness (QED) is 0.525. The van der Waals surface area contributed by atoms with Gasteiger partial charge < -0.3 is 10.5 Å². The van der Waals surface area contributed by atoms with E-state index in [0.29, 0.717) is 11.6 Å². The number of hydrogen-bond donors (Lipinski definition) is 2. The summed E-state index contributed by atoms with van der Waals surface area (Å²) in [5.74, 6) is 0.353. The van der Waals surface area contributed by atoms with Crippen molar-refractivity contribution in [1.82, 2.24) is 9.97 Å². The van der Waals surface area contributed by atoms with Gasteiger partial charge >= 0.3 is 0 Å². The topological polar surface area (TPSA) is 84.9 Å². The van der Waals surface area contributed by atoms with Gasteiger partial charge in [-0.15, -0.1) is 0 Å². The third-order valence-corrected chi connectivity index (χ3v) is 1.27. The molecule has 0 radical (unpaired) electrons. The van der Waals surface area contributed by atoms with Crippen molar-refractivity contribution in [1.29, 1.82) is 5.41 Å². The van der Waals surface area contributed by atoms with E-state index >= 15 is 0 Å². The van der Waals surface area contributed by atoms with Crippen molar-refractivity contribution >= 4 is 5.84 Å². The highest BCUT2D eigenvalue weighted by atomic mass is 16.5. The molecule has 70 valence electrons. The highest BCUT2D eigenvalue weighted by Gasteiger charge is 2.03. The van der Waals surface area contributed by atoms with Crippen LogP contribution in [0.5, 0.6) is 5.88 Å². The van der Waals surface area contributed by atoms with Gasteiger partial charge in [-0.25, -0.2) is 9.97 Å². The Morgan fingerprint density at radius 3 is 2.77 bits per heavy atom. The Hall–Kier alpha value is -1.65. The third kappa shape index (κ3) is 2.70. The average molecular weight is 180 g/mol. The molecule has 1 aromatic rings. The highest BCUT2D eigenvalue weighted by molar-refractivity contribution is 5.93. The van der Waals surface area contributed by atoms with Gasteiger partial charge in [-0.05, 0) is 13.8 Å². The summed E-state index contributed by atoms with van der Waals surface area (Å²) >= 11 is 0. The summed E-state index contributed by atoms with van der Waals surface area (Å²) in [6.07, 6.45) is 1.38. The van der Waals surface area contributed by atoms with Gasteiger partial charge in [0.15, 0.2) is 0 Å². The van der Waals surface area contributed by atoms with E-state index in [9.17, 15) is 0 Å². The zero-order valence-electron chi connectivity index (χ0n) is 7.61. The number of rotatable bonds is 3. The lowest BCUT2D eigenvalue weighted by Crippen LogP contribution is -2.14. The van der Waals surface area contributed by atoms with Gasteiger partial charge in [0.2, 0.25) is 5.88 Å². The molecule has 13 heavy (non-hydrogen) atoms. The van der Waals surface area contributed by atoms with E-state index in [1.807, 2.05) is 13.8 Å². The Kier molecular flexibility index (Phi) is 2.79. The zero-order valence-corrected chi connectivity index (χ0v) is 7.61. The molecule has 0 fully saturated rings. The molecule has 3 N–H and O–H groups in total. The summed E-state index contributed by atoms with van der Waals surface area (Å²) in [6, 6.07) is 1.54. The molecule has 0 saturated carbocycles. The molecule has 0 unspecified atom stereocenters. The number of nitrogen functional groups attached to an aromatic ring is 1. The minimum absolute atomic E-state index is 0.0507. The molecule has 5 nitrogen and oxygen atoms in total. The summed E-state index contributed by atoms with van der Waals surface area (Å²) in [4.78, 5) is 7.68. The number of aromatic nitrogens is 2. The molecule has 0 spiro atoms. The molecule has 0 aromatic carbocycles. The van der Waals surface area contributed by atoms with Crippen molar-refractivity contribution in [2.75, 3.05) is 0 Å². The third-order valence-electron chi connectivity index (χ3n) is 1.27. The molecule has 0 aliphatic carbocycles. The first-order valence-corrected chi connectivity index (χ1v) is 3.92. The molecular formula is C8H12N4O. The molecule has 0 bridgehead atoms. The standard InChI is InChI=1S/C8H12N4O/c1-5(2)13-7-3-6(8(9)10)11-4-12-7/h3-5H,1-2H3,(H3,9,10). The lowest BCUT2D eigenvalue weighted by molar-refractivity contribution is 0.232. The Balaban J connectivity index is 2.85. The van der Waals surface area contributed by atoms with Gasteiger partial charge in [0.25, 0.3) is 0 Å². The lowest BCUT2D eigenvalue weighted by atomic mass is 10.4. The van der Waals surface area contributed by atoms with Gasteiger partial charge in [0.05, 0.1) is 6.10 Å². The van der Waals surface area contributed by atoms with Crippen molar-refractivity contribution in [3.05, 3.63) is 18.1 Å². The number of nitrogens with two attached hydrogens (primary N) is 1. The van der Waals surface area contributed by atoms with E-state index < -0.39 is 0 Å². The van der Waals surface area contributed by atoms with Crippen LogP contribution in [0.1, 0.15) is 19.5 Å². The van der Waals surface area contributed by atoms with Crippen LogP contribution in [0.15, 0.2) is 12.4 Å². The van der Waals surface area contributed by atoms with Crippen LogP contribution in [0.2, 0.25) is 0 Å². The molecule has 0 amide bonds.